The van der Waals surface area contributed by atoms with Crippen LogP contribution in [0, 0.1) is 0 Å². The first kappa shape index (κ1) is 28.2. The van der Waals surface area contributed by atoms with Crippen LogP contribution in [0.15, 0.2) is 61.1 Å². The molecule has 1 saturated heterocycles. The molecule has 0 radical (unpaired) electrons. The Labute approximate surface area is 233 Å². The number of rotatable bonds is 6. The van der Waals surface area contributed by atoms with E-state index in [0.29, 0.717) is 22.3 Å². The number of nitrogens with two attached hydrogens (primary N) is 1. The van der Waals surface area contributed by atoms with Gasteiger partial charge in [0.25, 0.3) is 0 Å². The molecule has 0 unspecified atom stereocenters. The molecule has 4 aromatic rings. The van der Waals surface area contributed by atoms with Crippen LogP contribution >= 0.6 is 10.6 Å². The van der Waals surface area contributed by atoms with E-state index in [0.717, 1.165) is 6.07 Å². The maximum atomic E-state index is 13.9. The molecule has 2 aromatic heterocycles. The Hall–Kier alpha value is -4.34. The monoisotopic (exact) mass is 590 g/mol. The number of aromatic nitrogens is 3. The minimum absolute atomic E-state index is 0.00829. The summed E-state index contributed by atoms with van der Waals surface area (Å²) in [6.45, 7) is 0.147. The van der Waals surface area contributed by atoms with Gasteiger partial charge in [0, 0.05) is 42.1 Å². The molecule has 2 amide bonds. The van der Waals surface area contributed by atoms with Crippen molar-refractivity contribution in [1.29, 1.82) is 0 Å². The number of carbonyl (C=O) groups is 2. The van der Waals surface area contributed by atoms with Crippen molar-refractivity contribution >= 4 is 44.8 Å². The molecule has 0 bridgehead atoms. The van der Waals surface area contributed by atoms with Gasteiger partial charge in [-0.3, -0.25) is 18.5 Å². The Morgan fingerprint density at radius 2 is 1.80 bits per heavy atom. The normalized spacial score (nSPS) is 15.9. The zero-order valence-corrected chi connectivity index (χ0v) is 22.2. The number of alkyl halides is 3. The summed E-state index contributed by atoms with van der Waals surface area (Å²) in [7, 11) is -2.78. The molecule has 1 fully saturated rings. The number of halogens is 3. The first-order valence-electron chi connectivity index (χ1n) is 12.3. The van der Waals surface area contributed by atoms with Crippen LogP contribution in [0.4, 0.5) is 29.3 Å². The lowest BCUT2D eigenvalue weighted by Gasteiger charge is -2.42. The Balaban J connectivity index is 1.33. The van der Waals surface area contributed by atoms with Crippen molar-refractivity contribution < 1.29 is 36.6 Å². The van der Waals surface area contributed by atoms with E-state index in [1.807, 2.05) is 0 Å². The van der Waals surface area contributed by atoms with E-state index in [4.69, 9.17) is 10.5 Å². The number of hydrogen-bond donors (Lipinski definition) is 4. The highest BCUT2D eigenvalue weighted by Crippen LogP contribution is 2.44. The number of ether oxygens (including phenoxy) is 1. The predicted molar refractivity (Wildman–Crippen MR) is 148 cm³/mol. The quantitative estimate of drug-likeness (QED) is 0.247. The van der Waals surface area contributed by atoms with Gasteiger partial charge in [-0.2, -0.15) is 23.8 Å². The van der Waals surface area contributed by atoms with Crippen molar-refractivity contribution in [1.82, 2.24) is 14.5 Å². The highest BCUT2D eigenvalue weighted by Gasteiger charge is 2.36. The first-order valence-corrected chi connectivity index (χ1v) is 14.2. The van der Waals surface area contributed by atoms with Crippen LogP contribution in [0.2, 0.25) is 0 Å². The number of primary amides is 1. The second-order valence-electron chi connectivity index (χ2n) is 9.36. The third-order valence-electron chi connectivity index (χ3n) is 6.43. The summed E-state index contributed by atoms with van der Waals surface area (Å²) in [6, 6.07) is 10.8. The molecule has 0 atom stereocenters. The number of carbonyl (C=O) groups excluding carboxylic acids is 2. The fraction of sp³-hybridized carbons (Fsp3) is 0.231. The summed E-state index contributed by atoms with van der Waals surface area (Å²) in [5, 5.41) is 3.13. The molecular formula is C26H25F3N6O5S. The van der Waals surface area contributed by atoms with Crippen LogP contribution in [0.25, 0.3) is 10.9 Å². The lowest BCUT2D eigenvalue weighted by molar-refractivity contribution is -0.137. The van der Waals surface area contributed by atoms with Crippen LogP contribution in [0.5, 0.6) is 11.6 Å². The molecule has 2 aromatic carbocycles. The van der Waals surface area contributed by atoms with E-state index >= 15 is 0 Å². The molecule has 5 rings (SSSR count). The van der Waals surface area contributed by atoms with E-state index in [-0.39, 0.29) is 48.3 Å². The predicted octanol–water partition coefficient (Wildman–Crippen LogP) is 4.92. The van der Waals surface area contributed by atoms with Gasteiger partial charge in [0.15, 0.2) is 0 Å². The number of benzene rings is 2. The van der Waals surface area contributed by atoms with Crippen molar-refractivity contribution in [3.8, 4) is 11.6 Å². The largest absolute Gasteiger partial charge is 0.439 e. The van der Waals surface area contributed by atoms with E-state index in [1.54, 1.807) is 24.3 Å². The van der Waals surface area contributed by atoms with Gasteiger partial charge in [0.05, 0.1) is 34.7 Å². The smallest absolute Gasteiger partial charge is 0.418 e. The molecule has 41 heavy (non-hydrogen) atoms. The highest BCUT2D eigenvalue weighted by atomic mass is 32.3. The van der Waals surface area contributed by atoms with Crippen molar-refractivity contribution in [2.24, 2.45) is 5.73 Å². The second kappa shape index (κ2) is 10.9. The molecule has 1 aliphatic rings. The summed E-state index contributed by atoms with van der Waals surface area (Å²) in [5.74, 6) is 0.0146. The zero-order chi connectivity index (χ0) is 29.4. The average Bonchev–Trinajstić information content (AvgIpc) is 3.32. The minimum Gasteiger partial charge on any atom is -0.439 e. The van der Waals surface area contributed by atoms with Gasteiger partial charge in [-0.15, -0.1) is 0 Å². The van der Waals surface area contributed by atoms with Crippen LogP contribution in [0.3, 0.4) is 0 Å². The fourth-order valence-corrected chi connectivity index (χ4v) is 5.69. The third-order valence-corrected chi connectivity index (χ3v) is 8.10. The molecule has 11 nitrogen and oxygen atoms in total. The minimum atomic E-state index is -4.70. The molecule has 0 saturated carbocycles. The van der Waals surface area contributed by atoms with Crippen LogP contribution in [-0.4, -0.2) is 60.2 Å². The van der Waals surface area contributed by atoms with Gasteiger partial charge in [-0.05, 0) is 42.5 Å². The number of hydrogen-bond acceptors (Lipinski definition) is 8. The lowest BCUT2D eigenvalue weighted by atomic mass is 10.1. The van der Waals surface area contributed by atoms with Gasteiger partial charge in [0.1, 0.15) is 12.1 Å². The summed E-state index contributed by atoms with van der Waals surface area (Å²) in [6.07, 6.45) is -2.05. The molecule has 216 valence electrons. The number of fused-ring (bicyclic) bond motifs is 1. The Kier molecular flexibility index (Phi) is 7.50. The van der Waals surface area contributed by atoms with E-state index in [2.05, 4.69) is 15.3 Å². The molecule has 0 aliphatic carbocycles. The van der Waals surface area contributed by atoms with Gasteiger partial charge < -0.3 is 20.7 Å². The van der Waals surface area contributed by atoms with Crippen molar-refractivity contribution in [2.75, 3.05) is 34.8 Å². The van der Waals surface area contributed by atoms with Gasteiger partial charge >= 0.3 is 12.2 Å². The number of nitrogens with zero attached hydrogens (tertiary/aromatic N) is 4. The fourth-order valence-electron chi connectivity index (χ4n) is 4.46. The van der Waals surface area contributed by atoms with E-state index in [1.165, 1.54) is 40.2 Å². The Morgan fingerprint density at radius 3 is 2.51 bits per heavy atom. The van der Waals surface area contributed by atoms with Crippen molar-refractivity contribution in [3.63, 3.8) is 0 Å². The molecule has 15 heteroatoms. The standard InChI is InChI=1S/C26H25F3N6O5S/c27-26(28,29)20-12-17(1-3-22(20)34-7-9-41(38,39)10-8-34)33-25(37)35-6-5-16-11-19(2-4-21(16)35)40-24-14-18(13-23(30)36)31-15-32-24/h1-6,11-12,14-15,38-39H,7-10,13H2,(H2,30,36)(H,33,37). The molecule has 0 spiro atoms. The molecule has 5 N–H and O–H groups in total. The van der Waals surface area contributed by atoms with E-state index in [9.17, 15) is 31.9 Å². The van der Waals surface area contributed by atoms with Gasteiger partial charge in [0.2, 0.25) is 11.8 Å². The lowest BCUT2D eigenvalue weighted by Crippen LogP contribution is -2.39. The SMILES string of the molecule is NC(=O)Cc1cc(Oc2ccc3c(ccn3C(=O)Nc3ccc(N4CCS(O)(O)CC4)c(C(F)(F)F)c3)c2)ncn1. The third kappa shape index (κ3) is 6.53. The molecule has 1 aliphatic heterocycles. The molecule has 3 heterocycles. The van der Waals surface area contributed by atoms with Crippen LogP contribution in [0.1, 0.15) is 11.3 Å². The second-order valence-corrected chi connectivity index (χ2v) is 11.8. The topological polar surface area (TPSA) is 156 Å². The maximum absolute atomic E-state index is 13.9. The maximum Gasteiger partial charge on any atom is 0.418 e. The molecular weight excluding hydrogens is 565 g/mol. The Morgan fingerprint density at radius 1 is 1.05 bits per heavy atom. The highest BCUT2D eigenvalue weighted by molar-refractivity contribution is 8.24. The summed E-state index contributed by atoms with van der Waals surface area (Å²) >= 11 is 0. The van der Waals surface area contributed by atoms with Gasteiger partial charge in [-0.1, -0.05) is 0 Å². The zero-order valence-electron chi connectivity index (χ0n) is 21.3. The van der Waals surface area contributed by atoms with Gasteiger partial charge in [-0.25, -0.2) is 14.8 Å². The summed E-state index contributed by atoms with van der Waals surface area (Å²) in [4.78, 5) is 33.6. The van der Waals surface area contributed by atoms with Crippen molar-refractivity contribution in [3.05, 3.63) is 72.3 Å². The summed E-state index contributed by atoms with van der Waals surface area (Å²) < 4.78 is 68.5. The number of anilines is 2. The van der Waals surface area contributed by atoms with Crippen LogP contribution in [-0.2, 0) is 17.4 Å². The summed E-state index contributed by atoms with van der Waals surface area (Å²) in [5.41, 5.74) is 4.99. The van der Waals surface area contributed by atoms with Crippen LogP contribution < -0.4 is 20.7 Å². The van der Waals surface area contributed by atoms with Crippen molar-refractivity contribution in [2.45, 2.75) is 12.6 Å². The number of amides is 2. The Bertz CT molecular complexity index is 1620. The average molecular weight is 591 g/mol. The number of nitrogens with one attached hydrogen (secondary N) is 1. The van der Waals surface area contributed by atoms with E-state index < -0.39 is 34.3 Å². The first-order chi connectivity index (χ1) is 19.4.